The lowest BCUT2D eigenvalue weighted by Gasteiger charge is -2.21. The van der Waals surface area contributed by atoms with Crippen LogP contribution in [-0.4, -0.2) is 30.3 Å². The van der Waals surface area contributed by atoms with Crippen LogP contribution in [0, 0.1) is 0 Å². The maximum Gasteiger partial charge on any atom is 0.00374 e. The van der Waals surface area contributed by atoms with E-state index in [1.807, 2.05) is 0 Å². The second-order valence-electron chi connectivity index (χ2n) is 3.96. The van der Waals surface area contributed by atoms with Crippen molar-refractivity contribution in [3.8, 4) is 0 Å². The van der Waals surface area contributed by atoms with Crippen LogP contribution in [0.25, 0.3) is 0 Å². The van der Waals surface area contributed by atoms with Gasteiger partial charge in [-0.25, -0.2) is 0 Å². The zero-order valence-corrected chi connectivity index (χ0v) is 10.7. The highest BCUT2D eigenvalue weighted by atomic mass is 32.1. The molecule has 0 unspecified atom stereocenters. The van der Waals surface area contributed by atoms with E-state index in [1.165, 1.54) is 58.2 Å². The van der Waals surface area contributed by atoms with Gasteiger partial charge in [-0.3, -0.25) is 0 Å². The molecule has 14 heavy (non-hydrogen) atoms. The highest BCUT2D eigenvalue weighted by Gasteiger charge is 2.02. The number of hydrogen-bond acceptors (Lipinski definition) is 1. The largest absolute Gasteiger partial charge is 0.303 e. The van der Waals surface area contributed by atoms with Crippen LogP contribution in [0.2, 0.25) is 0 Å². The van der Waals surface area contributed by atoms with E-state index in [2.05, 4.69) is 18.7 Å². The summed E-state index contributed by atoms with van der Waals surface area (Å²) in [4.78, 5) is 2.61. The number of unbranched alkanes of at least 4 members (excludes halogenated alkanes) is 3. The Bertz CT molecular complexity index is 98.5. The van der Waals surface area contributed by atoms with E-state index in [0.717, 1.165) is 5.75 Å². The summed E-state index contributed by atoms with van der Waals surface area (Å²) in [6, 6.07) is 0. The topological polar surface area (TPSA) is 3.24 Å². The lowest BCUT2D eigenvalue weighted by molar-refractivity contribution is 0.261. The average Bonchev–Trinajstić information content (AvgIpc) is 2.21. The Balaban J connectivity index is 3.49. The second kappa shape index (κ2) is 11.4. The van der Waals surface area contributed by atoms with Gasteiger partial charge in [0, 0.05) is 5.75 Å². The minimum Gasteiger partial charge on any atom is -0.303 e. The van der Waals surface area contributed by atoms with E-state index < -0.39 is 0 Å². The quantitative estimate of drug-likeness (QED) is 0.501. The van der Waals surface area contributed by atoms with Crippen LogP contribution in [0.5, 0.6) is 0 Å². The SMILES string of the molecule is CCCCN(CCCC)CCCC[S]. The molecule has 0 bridgehead atoms. The zero-order chi connectivity index (χ0) is 10.6. The Hall–Kier alpha value is 0.310. The summed E-state index contributed by atoms with van der Waals surface area (Å²) in [5.74, 6) is 0.926. The van der Waals surface area contributed by atoms with E-state index in [1.54, 1.807) is 0 Å². The van der Waals surface area contributed by atoms with Crippen LogP contribution in [0.4, 0.5) is 0 Å². The van der Waals surface area contributed by atoms with Crippen LogP contribution in [0.1, 0.15) is 52.4 Å². The third-order valence-corrected chi connectivity index (χ3v) is 2.81. The standard InChI is InChI=1S/C12H26NS/c1-3-5-9-13(10-6-4-2)11-7-8-12-14/h3-12H2,1-2H3. The normalized spacial score (nSPS) is 11.1. The molecule has 0 saturated heterocycles. The highest BCUT2D eigenvalue weighted by Crippen LogP contribution is 2.02. The summed E-state index contributed by atoms with van der Waals surface area (Å²) in [5, 5.41) is 0. The maximum absolute atomic E-state index is 4.96. The molecule has 0 saturated carbocycles. The first-order chi connectivity index (χ1) is 6.85. The molecule has 0 rings (SSSR count). The molecule has 0 aliphatic rings. The van der Waals surface area contributed by atoms with Gasteiger partial charge < -0.3 is 4.90 Å². The second-order valence-corrected chi connectivity index (χ2v) is 4.37. The summed E-state index contributed by atoms with van der Waals surface area (Å²) in [6.07, 6.45) is 7.81. The highest BCUT2D eigenvalue weighted by molar-refractivity contribution is 7.80. The smallest absolute Gasteiger partial charge is 0.00374 e. The molecule has 0 fully saturated rings. The molecular formula is C12H26NS. The number of hydrogen-bond donors (Lipinski definition) is 0. The Morgan fingerprint density at radius 2 is 1.29 bits per heavy atom. The average molecular weight is 216 g/mol. The molecule has 0 atom stereocenters. The van der Waals surface area contributed by atoms with Crippen molar-refractivity contribution in [3.63, 3.8) is 0 Å². The molecule has 85 valence electrons. The summed E-state index contributed by atoms with van der Waals surface area (Å²) in [6.45, 7) is 8.36. The fourth-order valence-corrected chi connectivity index (χ4v) is 1.74. The van der Waals surface area contributed by atoms with Crippen molar-refractivity contribution in [3.05, 3.63) is 0 Å². The van der Waals surface area contributed by atoms with Gasteiger partial charge in [-0.15, -0.1) is 0 Å². The van der Waals surface area contributed by atoms with Gasteiger partial charge in [0.05, 0.1) is 0 Å². The minimum absolute atomic E-state index is 0.926. The van der Waals surface area contributed by atoms with Crippen molar-refractivity contribution in [2.75, 3.05) is 25.4 Å². The van der Waals surface area contributed by atoms with Crippen molar-refractivity contribution in [2.45, 2.75) is 52.4 Å². The fraction of sp³-hybridized carbons (Fsp3) is 1.00. The summed E-state index contributed by atoms with van der Waals surface area (Å²) >= 11 is 4.96. The molecule has 0 amide bonds. The molecule has 0 N–H and O–H groups in total. The number of nitrogens with zero attached hydrogens (tertiary/aromatic N) is 1. The van der Waals surface area contributed by atoms with E-state index in [9.17, 15) is 0 Å². The van der Waals surface area contributed by atoms with Crippen LogP contribution < -0.4 is 0 Å². The van der Waals surface area contributed by atoms with Gasteiger partial charge in [0.2, 0.25) is 0 Å². The molecule has 1 radical (unpaired) electrons. The van der Waals surface area contributed by atoms with Crippen molar-refractivity contribution < 1.29 is 0 Å². The zero-order valence-electron chi connectivity index (χ0n) is 9.93. The lowest BCUT2D eigenvalue weighted by atomic mass is 10.2. The molecule has 1 nitrogen and oxygen atoms in total. The Morgan fingerprint density at radius 3 is 1.71 bits per heavy atom. The lowest BCUT2D eigenvalue weighted by Crippen LogP contribution is -2.27. The molecular weight excluding hydrogens is 190 g/mol. The van der Waals surface area contributed by atoms with Crippen molar-refractivity contribution in [1.82, 2.24) is 4.90 Å². The molecule has 0 spiro atoms. The van der Waals surface area contributed by atoms with Gasteiger partial charge in [0.1, 0.15) is 0 Å². The molecule has 2 heteroatoms. The van der Waals surface area contributed by atoms with Gasteiger partial charge in [-0.2, -0.15) is 0 Å². The van der Waals surface area contributed by atoms with E-state index in [4.69, 9.17) is 12.6 Å². The monoisotopic (exact) mass is 216 g/mol. The van der Waals surface area contributed by atoms with E-state index >= 15 is 0 Å². The van der Waals surface area contributed by atoms with Crippen molar-refractivity contribution >= 4 is 12.6 Å². The maximum atomic E-state index is 4.96. The van der Waals surface area contributed by atoms with Crippen LogP contribution in [0.15, 0.2) is 0 Å². The van der Waals surface area contributed by atoms with E-state index in [0.29, 0.717) is 0 Å². The van der Waals surface area contributed by atoms with Gasteiger partial charge in [-0.1, -0.05) is 39.3 Å². The molecule has 0 aromatic heterocycles. The first-order valence-corrected chi connectivity index (χ1v) is 6.73. The first kappa shape index (κ1) is 14.3. The molecule has 0 aliphatic heterocycles. The summed E-state index contributed by atoms with van der Waals surface area (Å²) < 4.78 is 0. The third kappa shape index (κ3) is 8.89. The van der Waals surface area contributed by atoms with Crippen LogP contribution in [-0.2, 0) is 0 Å². The Morgan fingerprint density at radius 1 is 0.786 bits per heavy atom. The molecule has 0 aliphatic carbocycles. The number of rotatable bonds is 10. The predicted octanol–water partition coefficient (Wildman–Crippen LogP) is 3.87. The summed E-state index contributed by atoms with van der Waals surface area (Å²) in [7, 11) is 0. The minimum atomic E-state index is 0.926. The Labute approximate surface area is 95.7 Å². The van der Waals surface area contributed by atoms with Gasteiger partial charge in [0.15, 0.2) is 0 Å². The molecule has 0 aromatic rings. The first-order valence-electron chi connectivity index (χ1n) is 6.15. The van der Waals surface area contributed by atoms with Gasteiger partial charge >= 0.3 is 0 Å². The fourth-order valence-electron chi connectivity index (χ4n) is 1.54. The Kier molecular flexibility index (Phi) is 11.6. The summed E-state index contributed by atoms with van der Waals surface area (Å²) in [5.41, 5.74) is 0. The molecule has 0 heterocycles. The van der Waals surface area contributed by atoms with Crippen LogP contribution >= 0.6 is 12.6 Å². The molecule has 0 aromatic carbocycles. The third-order valence-electron chi connectivity index (χ3n) is 2.52. The predicted molar refractivity (Wildman–Crippen MR) is 67.9 cm³/mol. The van der Waals surface area contributed by atoms with Gasteiger partial charge in [0.25, 0.3) is 0 Å². The van der Waals surface area contributed by atoms with Crippen molar-refractivity contribution in [1.29, 1.82) is 0 Å². The van der Waals surface area contributed by atoms with Gasteiger partial charge in [-0.05, 0) is 45.3 Å². The van der Waals surface area contributed by atoms with Crippen molar-refractivity contribution in [2.24, 2.45) is 0 Å². The van der Waals surface area contributed by atoms with Crippen LogP contribution in [0.3, 0.4) is 0 Å². The van der Waals surface area contributed by atoms with E-state index in [-0.39, 0.29) is 0 Å².